The monoisotopic (exact) mass is 326 g/mol. The molecule has 0 N–H and O–H groups in total. The standard InChI is InChI=1S/C17H14FN3O3/c18-12-3-1-10(2-4-12)11-5-13(6-11)23-17-9-19-14(8-20-17)15-7-16(22)21-24-15/h1-4,7-9,11,13H,5-6H2,(H,21,22)/p-1. The molecule has 1 aliphatic carbocycles. The third-order valence-corrected chi connectivity index (χ3v) is 4.09. The zero-order valence-corrected chi connectivity index (χ0v) is 12.6. The molecule has 122 valence electrons. The quantitative estimate of drug-likeness (QED) is 0.733. The van der Waals surface area contributed by atoms with Gasteiger partial charge in [-0.15, -0.1) is 0 Å². The Bertz CT molecular complexity index is 827. The van der Waals surface area contributed by atoms with Crippen molar-refractivity contribution in [1.29, 1.82) is 0 Å². The van der Waals surface area contributed by atoms with Crippen LogP contribution in [0, 0.1) is 5.82 Å². The van der Waals surface area contributed by atoms with Crippen molar-refractivity contribution in [2.45, 2.75) is 24.9 Å². The van der Waals surface area contributed by atoms with E-state index in [9.17, 15) is 9.50 Å². The number of nitrogens with zero attached hydrogens (tertiary/aromatic N) is 3. The van der Waals surface area contributed by atoms with Crippen LogP contribution in [0.25, 0.3) is 11.5 Å². The zero-order chi connectivity index (χ0) is 16.5. The molecule has 0 bridgehead atoms. The molecule has 7 heteroatoms. The van der Waals surface area contributed by atoms with E-state index < -0.39 is 5.88 Å². The van der Waals surface area contributed by atoms with E-state index in [1.165, 1.54) is 30.6 Å². The summed E-state index contributed by atoms with van der Waals surface area (Å²) in [4.78, 5) is 8.33. The van der Waals surface area contributed by atoms with Crippen molar-refractivity contribution >= 4 is 0 Å². The summed E-state index contributed by atoms with van der Waals surface area (Å²) in [5, 5.41) is 14.3. The van der Waals surface area contributed by atoms with Crippen LogP contribution < -0.4 is 9.84 Å². The smallest absolute Gasteiger partial charge is 0.232 e. The number of aromatic nitrogens is 3. The predicted molar refractivity (Wildman–Crippen MR) is 79.8 cm³/mol. The normalized spacial score (nSPS) is 19.7. The van der Waals surface area contributed by atoms with E-state index in [1.54, 1.807) is 0 Å². The molecule has 3 aromatic rings. The number of rotatable bonds is 4. The second kappa shape index (κ2) is 5.92. The minimum Gasteiger partial charge on any atom is -0.856 e. The fourth-order valence-corrected chi connectivity index (χ4v) is 2.72. The molecule has 0 radical (unpaired) electrons. The van der Waals surface area contributed by atoms with Gasteiger partial charge >= 0.3 is 0 Å². The lowest BCUT2D eigenvalue weighted by Gasteiger charge is -2.35. The Morgan fingerprint density at radius 3 is 2.54 bits per heavy atom. The van der Waals surface area contributed by atoms with Crippen molar-refractivity contribution < 1.29 is 18.8 Å². The Morgan fingerprint density at radius 1 is 1.12 bits per heavy atom. The largest absolute Gasteiger partial charge is 0.856 e. The highest BCUT2D eigenvalue weighted by molar-refractivity contribution is 5.51. The maximum absolute atomic E-state index is 12.9. The number of halogens is 1. The predicted octanol–water partition coefficient (Wildman–Crippen LogP) is 2.67. The van der Waals surface area contributed by atoms with E-state index in [4.69, 9.17) is 9.26 Å². The van der Waals surface area contributed by atoms with Gasteiger partial charge in [0.25, 0.3) is 0 Å². The van der Waals surface area contributed by atoms with E-state index in [-0.39, 0.29) is 17.7 Å². The average molecular weight is 326 g/mol. The maximum atomic E-state index is 12.9. The molecule has 4 rings (SSSR count). The first-order chi connectivity index (χ1) is 11.7. The number of benzene rings is 1. The molecule has 0 amide bonds. The molecule has 0 saturated heterocycles. The number of hydrogen-bond donors (Lipinski definition) is 0. The first kappa shape index (κ1) is 14.6. The zero-order valence-electron chi connectivity index (χ0n) is 12.6. The minimum atomic E-state index is -0.451. The van der Waals surface area contributed by atoms with E-state index in [0.29, 0.717) is 17.5 Å². The first-order valence-electron chi connectivity index (χ1n) is 7.55. The van der Waals surface area contributed by atoms with Crippen molar-refractivity contribution in [2.75, 3.05) is 0 Å². The fourth-order valence-electron chi connectivity index (χ4n) is 2.72. The van der Waals surface area contributed by atoms with Crippen molar-refractivity contribution in [3.05, 3.63) is 54.1 Å². The summed E-state index contributed by atoms with van der Waals surface area (Å²) in [6.07, 6.45) is 4.76. The Morgan fingerprint density at radius 2 is 1.92 bits per heavy atom. The molecule has 2 heterocycles. The highest BCUT2D eigenvalue weighted by Gasteiger charge is 2.32. The summed E-state index contributed by atoms with van der Waals surface area (Å²) in [5.41, 5.74) is 1.55. The number of hydrogen-bond acceptors (Lipinski definition) is 6. The second-order valence-electron chi connectivity index (χ2n) is 5.73. The van der Waals surface area contributed by atoms with E-state index >= 15 is 0 Å². The summed E-state index contributed by atoms with van der Waals surface area (Å²) in [6, 6.07) is 7.83. The van der Waals surface area contributed by atoms with Crippen LogP contribution in [0.1, 0.15) is 24.3 Å². The third kappa shape index (κ3) is 2.92. The lowest BCUT2D eigenvalue weighted by molar-refractivity contribution is -0.277. The maximum Gasteiger partial charge on any atom is 0.232 e. The van der Waals surface area contributed by atoms with Crippen molar-refractivity contribution in [3.8, 4) is 23.2 Å². The molecule has 24 heavy (non-hydrogen) atoms. The third-order valence-electron chi connectivity index (χ3n) is 4.09. The van der Waals surface area contributed by atoms with Crippen LogP contribution in [0.4, 0.5) is 4.39 Å². The van der Waals surface area contributed by atoms with Crippen LogP contribution >= 0.6 is 0 Å². The molecule has 0 unspecified atom stereocenters. The molecule has 0 spiro atoms. The number of ether oxygens (including phenoxy) is 1. The lowest BCUT2D eigenvalue weighted by Crippen LogP contribution is -2.32. The first-order valence-corrected chi connectivity index (χ1v) is 7.55. The van der Waals surface area contributed by atoms with Gasteiger partial charge in [-0.25, -0.2) is 14.4 Å². The van der Waals surface area contributed by atoms with Crippen LogP contribution in [0.3, 0.4) is 0 Å². The van der Waals surface area contributed by atoms with Crippen LogP contribution in [0.5, 0.6) is 11.8 Å². The van der Waals surface area contributed by atoms with Gasteiger partial charge in [-0.1, -0.05) is 17.3 Å². The lowest BCUT2D eigenvalue weighted by atomic mass is 9.77. The molecule has 1 aromatic carbocycles. The molecule has 1 aliphatic rings. The van der Waals surface area contributed by atoms with Crippen molar-refractivity contribution in [3.63, 3.8) is 0 Å². The molecular weight excluding hydrogens is 313 g/mol. The van der Waals surface area contributed by atoms with Crippen molar-refractivity contribution in [1.82, 2.24) is 15.1 Å². The van der Waals surface area contributed by atoms with Crippen LogP contribution in [0.2, 0.25) is 0 Å². The van der Waals surface area contributed by atoms with Crippen LogP contribution in [-0.4, -0.2) is 21.2 Å². The van der Waals surface area contributed by atoms with Gasteiger partial charge < -0.3 is 14.4 Å². The highest BCUT2D eigenvalue weighted by atomic mass is 19.1. The molecule has 2 aromatic heterocycles. The Kier molecular flexibility index (Phi) is 3.60. The van der Waals surface area contributed by atoms with Gasteiger partial charge in [-0.05, 0) is 36.5 Å². The van der Waals surface area contributed by atoms with Crippen LogP contribution in [0.15, 0.2) is 47.2 Å². The molecule has 0 atom stereocenters. The summed E-state index contributed by atoms with van der Waals surface area (Å²) >= 11 is 0. The van der Waals surface area contributed by atoms with Gasteiger partial charge in [0.1, 0.15) is 17.6 Å². The van der Waals surface area contributed by atoms with Gasteiger partial charge in [0.15, 0.2) is 5.76 Å². The minimum absolute atomic E-state index is 0.0683. The van der Waals surface area contributed by atoms with Crippen molar-refractivity contribution in [2.24, 2.45) is 0 Å². The average Bonchev–Trinajstić information content (AvgIpc) is 2.99. The van der Waals surface area contributed by atoms with Gasteiger partial charge in [0.05, 0.1) is 12.4 Å². The SMILES string of the molecule is [O-]c1cc(-c2cnc(OC3CC(c4ccc(F)cc4)C3)cn2)on1. The summed E-state index contributed by atoms with van der Waals surface area (Å²) in [5.74, 6) is 0.403. The molecule has 1 saturated carbocycles. The molecule has 0 aliphatic heterocycles. The van der Waals surface area contributed by atoms with E-state index in [2.05, 4.69) is 15.1 Å². The van der Waals surface area contributed by atoms with Gasteiger partial charge in [0, 0.05) is 11.9 Å². The van der Waals surface area contributed by atoms with Crippen LogP contribution in [-0.2, 0) is 0 Å². The van der Waals surface area contributed by atoms with Gasteiger partial charge in [-0.2, -0.15) is 0 Å². The Balaban J connectivity index is 1.34. The fraction of sp³-hybridized carbons (Fsp3) is 0.235. The van der Waals surface area contributed by atoms with E-state index in [0.717, 1.165) is 18.4 Å². The summed E-state index contributed by atoms with van der Waals surface area (Å²) in [7, 11) is 0. The summed E-state index contributed by atoms with van der Waals surface area (Å²) in [6.45, 7) is 0. The Hall–Kier alpha value is -2.96. The summed E-state index contributed by atoms with van der Waals surface area (Å²) < 4.78 is 23.5. The molecular formula is C17H13FN3O3-. The topological polar surface area (TPSA) is 84.1 Å². The molecule has 6 nitrogen and oxygen atoms in total. The second-order valence-corrected chi connectivity index (χ2v) is 5.73. The highest BCUT2D eigenvalue weighted by Crippen LogP contribution is 2.38. The van der Waals surface area contributed by atoms with E-state index in [1.807, 2.05) is 12.1 Å². The molecule has 1 fully saturated rings. The van der Waals surface area contributed by atoms with Gasteiger partial charge in [0.2, 0.25) is 5.88 Å². The van der Waals surface area contributed by atoms with Gasteiger partial charge in [-0.3, -0.25) is 0 Å². The Labute approximate surface area is 136 Å².